The van der Waals surface area contributed by atoms with E-state index >= 15 is 0 Å². The minimum Gasteiger partial charge on any atom is -0.265 e. The highest BCUT2D eigenvalue weighted by Gasteiger charge is 2.18. The number of nitrogens with zero attached hydrogens (tertiary/aromatic N) is 4. The van der Waals surface area contributed by atoms with Gasteiger partial charge in [0.15, 0.2) is 0 Å². The van der Waals surface area contributed by atoms with E-state index in [1.807, 2.05) is 36.5 Å². The molecule has 0 saturated carbocycles. The molecule has 260 valence electrons. The van der Waals surface area contributed by atoms with E-state index in [2.05, 4.69) is 147 Å². The molecule has 0 bridgehead atoms. The predicted molar refractivity (Wildman–Crippen MR) is 226 cm³/mol. The molecule has 4 aromatic carbocycles. The van der Waals surface area contributed by atoms with Crippen molar-refractivity contribution in [3.05, 3.63) is 167 Å². The molecular formula is C46H38N4S3. The lowest BCUT2D eigenvalue weighted by Crippen LogP contribution is -1.87. The third-order valence-electron chi connectivity index (χ3n) is 9.07. The summed E-state index contributed by atoms with van der Waals surface area (Å²) in [5.41, 5.74) is 16.5. The van der Waals surface area contributed by atoms with Gasteiger partial charge in [-0.2, -0.15) is 11.8 Å². The highest BCUT2D eigenvalue weighted by molar-refractivity contribution is 7.97. The molecule has 0 amide bonds. The summed E-state index contributed by atoms with van der Waals surface area (Å²) in [6, 6.07) is 39.4. The molecule has 53 heavy (non-hydrogen) atoms. The maximum atomic E-state index is 5.20. The topological polar surface area (TPSA) is 51.6 Å². The average molecular weight is 743 g/mol. The van der Waals surface area contributed by atoms with Crippen molar-refractivity contribution in [3.63, 3.8) is 0 Å². The van der Waals surface area contributed by atoms with Crippen molar-refractivity contribution in [2.45, 2.75) is 39.2 Å². The molecule has 0 saturated heterocycles. The Hall–Kier alpha value is -5.21. The number of aryl methyl sites for hydroxylation is 4. The van der Waals surface area contributed by atoms with Crippen molar-refractivity contribution in [3.8, 4) is 64.5 Å². The van der Waals surface area contributed by atoms with Crippen LogP contribution in [0.25, 0.3) is 64.5 Å². The van der Waals surface area contributed by atoms with Crippen LogP contribution < -0.4 is 0 Å². The molecule has 0 unspecified atom stereocenters. The van der Waals surface area contributed by atoms with Crippen molar-refractivity contribution in [1.82, 2.24) is 19.9 Å². The SMILES string of the molecule is Cc1cc(C)cc(-c2nc(-c3ccc(CSCc4ccc(-c5nc(-c6cc(C)cc(C)c6)c(-c6ccncc6)s5)cc4)cc3)sc2-c2ccncc2)c1. The van der Waals surface area contributed by atoms with Crippen LogP contribution in [0.4, 0.5) is 0 Å². The van der Waals surface area contributed by atoms with E-state index < -0.39 is 0 Å². The zero-order chi connectivity index (χ0) is 36.3. The fourth-order valence-corrected chi connectivity index (χ4v) is 9.83. The summed E-state index contributed by atoms with van der Waals surface area (Å²) < 4.78 is 0. The standard InChI is InChI=1S/C46H38N4S3/c1-29-21-30(2)24-39(23-29)41-43(35-13-17-47-18-14-35)52-45(49-41)37-9-5-33(6-10-37)27-51-28-34-7-11-38(12-8-34)46-50-42(40-25-31(3)22-32(4)26-40)44(53-46)36-15-19-48-20-16-36/h5-26H,27-28H2,1-4H3. The van der Waals surface area contributed by atoms with Crippen molar-refractivity contribution < 1.29 is 0 Å². The molecular weight excluding hydrogens is 705 g/mol. The lowest BCUT2D eigenvalue weighted by atomic mass is 10.0. The van der Waals surface area contributed by atoms with Gasteiger partial charge in [0, 0.05) is 58.5 Å². The summed E-state index contributed by atoms with van der Waals surface area (Å²) in [7, 11) is 0. The largest absolute Gasteiger partial charge is 0.265 e. The van der Waals surface area contributed by atoms with Gasteiger partial charge in [-0.1, -0.05) is 82.9 Å². The number of rotatable bonds is 10. The van der Waals surface area contributed by atoms with Crippen molar-refractivity contribution >= 4 is 34.4 Å². The van der Waals surface area contributed by atoms with Crippen molar-refractivity contribution in [1.29, 1.82) is 0 Å². The molecule has 8 rings (SSSR count). The Balaban J connectivity index is 0.960. The van der Waals surface area contributed by atoms with Crippen LogP contribution in [-0.4, -0.2) is 19.9 Å². The highest BCUT2D eigenvalue weighted by atomic mass is 32.2. The van der Waals surface area contributed by atoms with E-state index in [0.29, 0.717) is 0 Å². The van der Waals surface area contributed by atoms with Crippen LogP contribution >= 0.6 is 34.4 Å². The van der Waals surface area contributed by atoms with Gasteiger partial charge in [0.05, 0.1) is 21.1 Å². The van der Waals surface area contributed by atoms with Gasteiger partial charge < -0.3 is 0 Å². The monoisotopic (exact) mass is 742 g/mol. The average Bonchev–Trinajstić information content (AvgIpc) is 3.82. The van der Waals surface area contributed by atoms with E-state index in [0.717, 1.165) is 66.3 Å². The first-order valence-electron chi connectivity index (χ1n) is 17.6. The fourth-order valence-electron chi connectivity index (χ4n) is 6.67. The van der Waals surface area contributed by atoms with Crippen LogP contribution in [0.1, 0.15) is 33.4 Å². The Kier molecular flexibility index (Phi) is 10.1. The molecule has 7 heteroatoms. The minimum absolute atomic E-state index is 0.941. The third kappa shape index (κ3) is 7.93. The number of aromatic nitrogens is 4. The number of thioether (sulfide) groups is 1. The predicted octanol–water partition coefficient (Wildman–Crippen LogP) is 13.1. The van der Waals surface area contributed by atoms with Gasteiger partial charge in [-0.15, -0.1) is 22.7 Å². The molecule has 0 radical (unpaired) electrons. The van der Waals surface area contributed by atoms with Gasteiger partial charge in [-0.05, 0) is 98.5 Å². The zero-order valence-corrected chi connectivity index (χ0v) is 32.6. The van der Waals surface area contributed by atoms with Crippen LogP contribution in [0.3, 0.4) is 0 Å². The second-order valence-electron chi connectivity index (χ2n) is 13.5. The first kappa shape index (κ1) is 34.9. The third-order valence-corrected chi connectivity index (χ3v) is 12.5. The summed E-state index contributed by atoms with van der Waals surface area (Å²) in [4.78, 5) is 21.2. The van der Waals surface area contributed by atoms with Crippen LogP contribution in [0.15, 0.2) is 134 Å². The summed E-state index contributed by atoms with van der Waals surface area (Å²) in [6.45, 7) is 8.58. The maximum absolute atomic E-state index is 5.20. The lowest BCUT2D eigenvalue weighted by molar-refractivity contribution is 1.32. The van der Waals surface area contributed by atoms with Gasteiger partial charge >= 0.3 is 0 Å². The van der Waals surface area contributed by atoms with Crippen molar-refractivity contribution in [2.75, 3.05) is 0 Å². The molecule has 0 fully saturated rings. The molecule has 4 aromatic heterocycles. The van der Waals surface area contributed by atoms with E-state index in [1.54, 1.807) is 22.7 Å². The number of hydrogen-bond acceptors (Lipinski definition) is 7. The van der Waals surface area contributed by atoms with Crippen molar-refractivity contribution in [2.24, 2.45) is 0 Å². The highest BCUT2D eigenvalue weighted by Crippen LogP contribution is 2.42. The van der Waals surface area contributed by atoms with Gasteiger partial charge in [-0.3, -0.25) is 9.97 Å². The smallest absolute Gasteiger partial charge is 0.124 e. The van der Waals surface area contributed by atoms with E-state index in [4.69, 9.17) is 9.97 Å². The van der Waals surface area contributed by atoms with Crippen LogP contribution in [0, 0.1) is 27.7 Å². The molecule has 0 spiro atoms. The van der Waals surface area contributed by atoms with Gasteiger partial charge in [0.2, 0.25) is 0 Å². The van der Waals surface area contributed by atoms with Crippen LogP contribution in [-0.2, 0) is 11.5 Å². The molecule has 0 aliphatic carbocycles. The number of hydrogen-bond donors (Lipinski definition) is 0. The van der Waals surface area contributed by atoms with E-state index in [-0.39, 0.29) is 0 Å². The van der Waals surface area contributed by atoms with Gasteiger partial charge in [0.1, 0.15) is 10.0 Å². The Morgan fingerprint density at radius 2 is 0.774 bits per heavy atom. The first-order chi connectivity index (χ1) is 25.9. The minimum atomic E-state index is 0.941. The maximum Gasteiger partial charge on any atom is 0.124 e. The molecule has 8 aromatic rings. The summed E-state index contributed by atoms with van der Waals surface area (Å²) in [6.07, 6.45) is 7.41. The Morgan fingerprint density at radius 3 is 1.13 bits per heavy atom. The number of benzene rings is 4. The molecule has 0 aliphatic rings. The Morgan fingerprint density at radius 1 is 0.415 bits per heavy atom. The quantitative estimate of drug-likeness (QED) is 0.140. The van der Waals surface area contributed by atoms with Gasteiger partial charge in [-0.25, -0.2) is 9.97 Å². The zero-order valence-electron chi connectivity index (χ0n) is 30.1. The number of pyridine rings is 2. The lowest BCUT2D eigenvalue weighted by Gasteiger charge is -2.06. The first-order valence-corrected chi connectivity index (χ1v) is 20.4. The molecule has 4 nitrogen and oxygen atoms in total. The van der Waals surface area contributed by atoms with Crippen LogP contribution in [0.5, 0.6) is 0 Å². The van der Waals surface area contributed by atoms with Gasteiger partial charge in [0.25, 0.3) is 0 Å². The van der Waals surface area contributed by atoms with E-state index in [9.17, 15) is 0 Å². The second kappa shape index (κ2) is 15.4. The van der Waals surface area contributed by atoms with Crippen LogP contribution in [0.2, 0.25) is 0 Å². The summed E-state index contributed by atoms with van der Waals surface area (Å²) >= 11 is 5.42. The normalized spacial score (nSPS) is 11.2. The second-order valence-corrected chi connectivity index (χ2v) is 16.5. The molecule has 4 heterocycles. The fraction of sp³-hybridized carbons (Fsp3) is 0.130. The summed E-state index contributed by atoms with van der Waals surface area (Å²) in [5.74, 6) is 1.88. The summed E-state index contributed by atoms with van der Waals surface area (Å²) in [5, 5.41) is 2.05. The Bertz CT molecular complexity index is 2290. The van der Waals surface area contributed by atoms with E-state index in [1.165, 1.54) is 43.1 Å². The molecule has 0 aliphatic heterocycles. The number of thiazole rings is 2. The Labute approximate surface area is 323 Å². The molecule has 0 atom stereocenters. The molecule has 0 N–H and O–H groups in total.